The fourth-order valence-corrected chi connectivity index (χ4v) is 3.37. The number of ether oxygens (including phenoxy) is 1. The molecular formula is C18H25N3O3. The van der Waals surface area contributed by atoms with Gasteiger partial charge in [-0.25, -0.2) is 0 Å². The summed E-state index contributed by atoms with van der Waals surface area (Å²) < 4.78 is 5.63. The molecule has 130 valence electrons. The third kappa shape index (κ3) is 3.38. The molecule has 2 heterocycles. The van der Waals surface area contributed by atoms with Crippen LogP contribution in [0.5, 0.6) is 5.75 Å². The molecule has 0 radical (unpaired) electrons. The summed E-state index contributed by atoms with van der Waals surface area (Å²) in [7, 11) is 1.96. The summed E-state index contributed by atoms with van der Waals surface area (Å²) in [4.78, 5) is 28.5. The molecule has 1 atom stereocenters. The van der Waals surface area contributed by atoms with Gasteiger partial charge < -0.3 is 19.9 Å². The van der Waals surface area contributed by atoms with E-state index < -0.39 is 6.10 Å². The van der Waals surface area contributed by atoms with E-state index >= 15 is 0 Å². The Balaban J connectivity index is 1.62. The third-order valence-corrected chi connectivity index (χ3v) is 4.88. The van der Waals surface area contributed by atoms with Gasteiger partial charge in [-0.1, -0.05) is 12.1 Å². The molecule has 0 aliphatic carbocycles. The zero-order valence-electron chi connectivity index (χ0n) is 14.3. The highest BCUT2D eigenvalue weighted by atomic mass is 16.5. The van der Waals surface area contributed by atoms with Crippen LogP contribution in [0.3, 0.4) is 0 Å². The fraction of sp³-hybridized carbons (Fsp3) is 0.556. The van der Waals surface area contributed by atoms with Gasteiger partial charge in [0.25, 0.3) is 5.91 Å². The lowest BCUT2D eigenvalue weighted by molar-refractivity contribution is -0.132. The van der Waals surface area contributed by atoms with Crippen LogP contribution in [0.4, 0.5) is 5.69 Å². The molecule has 6 nitrogen and oxygen atoms in total. The van der Waals surface area contributed by atoms with E-state index in [4.69, 9.17) is 4.74 Å². The van der Waals surface area contributed by atoms with Crippen molar-refractivity contribution in [2.45, 2.75) is 38.3 Å². The van der Waals surface area contributed by atoms with Gasteiger partial charge in [-0.2, -0.15) is 0 Å². The zero-order chi connectivity index (χ0) is 17.1. The van der Waals surface area contributed by atoms with Crippen LogP contribution >= 0.6 is 0 Å². The van der Waals surface area contributed by atoms with Gasteiger partial charge in [0, 0.05) is 32.1 Å². The topological polar surface area (TPSA) is 61.9 Å². The molecule has 1 saturated heterocycles. The first-order valence-electron chi connectivity index (χ1n) is 8.62. The highest BCUT2D eigenvalue weighted by molar-refractivity contribution is 6.00. The lowest BCUT2D eigenvalue weighted by Gasteiger charge is -2.34. The van der Waals surface area contributed by atoms with Crippen LogP contribution in [-0.2, 0) is 9.59 Å². The molecule has 0 spiro atoms. The summed E-state index contributed by atoms with van der Waals surface area (Å²) in [6, 6.07) is 7.99. The van der Waals surface area contributed by atoms with E-state index in [2.05, 4.69) is 5.32 Å². The first kappa shape index (κ1) is 16.8. The van der Waals surface area contributed by atoms with Crippen LogP contribution in [0, 0.1) is 0 Å². The number of anilines is 1. The average Bonchev–Trinajstić information content (AvgIpc) is 2.62. The van der Waals surface area contributed by atoms with Gasteiger partial charge in [0.1, 0.15) is 5.75 Å². The maximum absolute atomic E-state index is 12.5. The molecular weight excluding hydrogens is 306 g/mol. The minimum atomic E-state index is -0.513. The Hall–Kier alpha value is -2.08. The van der Waals surface area contributed by atoms with Crippen molar-refractivity contribution in [2.75, 3.05) is 31.6 Å². The van der Waals surface area contributed by atoms with Crippen molar-refractivity contribution in [3.8, 4) is 5.75 Å². The molecule has 0 saturated carbocycles. The quantitative estimate of drug-likeness (QED) is 0.906. The Morgan fingerprint density at radius 2 is 2.00 bits per heavy atom. The first-order chi connectivity index (χ1) is 11.6. The predicted octanol–water partition coefficient (Wildman–Crippen LogP) is 1.40. The third-order valence-electron chi connectivity index (χ3n) is 4.88. The molecule has 0 bridgehead atoms. The number of amides is 2. The lowest BCUT2D eigenvalue weighted by Crippen LogP contribution is -2.47. The van der Waals surface area contributed by atoms with Crippen LogP contribution in [-0.4, -0.2) is 55.5 Å². The van der Waals surface area contributed by atoms with E-state index in [0.717, 1.165) is 31.6 Å². The lowest BCUT2D eigenvalue weighted by atomic mass is 10.0. The number of para-hydroxylation sites is 2. The van der Waals surface area contributed by atoms with Gasteiger partial charge in [-0.3, -0.25) is 9.59 Å². The van der Waals surface area contributed by atoms with Crippen LogP contribution in [0.25, 0.3) is 0 Å². The second-order valence-electron chi connectivity index (χ2n) is 6.41. The van der Waals surface area contributed by atoms with Crippen LogP contribution in [0.1, 0.15) is 26.2 Å². The summed E-state index contributed by atoms with van der Waals surface area (Å²) in [5.74, 6) is 0.733. The van der Waals surface area contributed by atoms with E-state index in [1.165, 1.54) is 0 Å². The fourth-order valence-electron chi connectivity index (χ4n) is 3.37. The van der Waals surface area contributed by atoms with Crippen LogP contribution in [0.15, 0.2) is 24.3 Å². The summed E-state index contributed by atoms with van der Waals surface area (Å²) in [5, 5.41) is 3.26. The van der Waals surface area contributed by atoms with Gasteiger partial charge >= 0.3 is 0 Å². The molecule has 1 aromatic rings. The van der Waals surface area contributed by atoms with E-state index in [1.54, 1.807) is 11.8 Å². The number of hydrogen-bond donors (Lipinski definition) is 1. The van der Waals surface area contributed by atoms with Gasteiger partial charge in [0.05, 0.1) is 5.69 Å². The molecule has 1 fully saturated rings. The normalized spacial score (nSPS) is 21.4. The maximum atomic E-state index is 12.5. The zero-order valence-corrected chi connectivity index (χ0v) is 14.3. The number of nitrogens with one attached hydrogen (secondary N) is 1. The summed E-state index contributed by atoms with van der Waals surface area (Å²) in [6.07, 6.45) is 1.80. The van der Waals surface area contributed by atoms with Crippen LogP contribution < -0.4 is 15.0 Å². The van der Waals surface area contributed by atoms with Crippen molar-refractivity contribution in [1.82, 2.24) is 10.2 Å². The van der Waals surface area contributed by atoms with Gasteiger partial charge in [-0.15, -0.1) is 0 Å². The number of piperidine rings is 1. The molecule has 0 aromatic heterocycles. The first-order valence-corrected chi connectivity index (χ1v) is 8.62. The Morgan fingerprint density at radius 3 is 2.71 bits per heavy atom. The highest BCUT2D eigenvalue weighted by Crippen LogP contribution is 2.33. The monoisotopic (exact) mass is 331 g/mol. The number of nitrogens with zero attached hydrogens (tertiary/aromatic N) is 2. The summed E-state index contributed by atoms with van der Waals surface area (Å²) in [5.41, 5.74) is 0.752. The minimum Gasteiger partial charge on any atom is -0.479 e. The van der Waals surface area contributed by atoms with E-state index in [1.807, 2.05) is 36.2 Å². The Labute approximate surface area is 142 Å². The predicted molar refractivity (Wildman–Crippen MR) is 92.2 cm³/mol. The Bertz CT molecular complexity index is 611. The number of hydrogen-bond acceptors (Lipinski definition) is 4. The van der Waals surface area contributed by atoms with Gasteiger partial charge in [-0.05, 0) is 38.9 Å². The minimum absolute atomic E-state index is 0.0876. The molecule has 1 unspecified atom stereocenters. The van der Waals surface area contributed by atoms with Crippen molar-refractivity contribution >= 4 is 17.5 Å². The summed E-state index contributed by atoms with van der Waals surface area (Å²) >= 11 is 0. The number of benzene rings is 1. The molecule has 2 amide bonds. The highest BCUT2D eigenvalue weighted by Gasteiger charge is 2.32. The smallest absolute Gasteiger partial charge is 0.267 e. The SMILES string of the molecule is CNC1CCN(C(=O)CCN2C(=O)C(C)Oc3ccccc32)CC1. The molecule has 2 aliphatic heterocycles. The molecule has 3 rings (SSSR count). The van der Waals surface area contributed by atoms with Gasteiger partial charge in [0.2, 0.25) is 5.91 Å². The van der Waals surface area contributed by atoms with E-state index in [-0.39, 0.29) is 11.8 Å². The Kier molecular flexibility index (Phi) is 5.04. The number of fused-ring (bicyclic) bond motifs is 1. The molecule has 1 N–H and O–H groups in total. The largest absolute Gasteiger partial charge is 0.479 e. The second-order valence-corrected chi connectivity index (χ2v) is 6.41. The second kappa shape index (κ2) is 7.21. The Morgan fingerprint density at radius 1 is 1.29 bits per heavy atom. The number of carbonyl (C=O) groups excluding carboxylic acids is 2. The maximum Gasteiger partial charge on any atom is 0.267 e. The average molecular weight is 331 g/mol. The van der Waals surface area contributed by atoms with Crippen molar-refractivity contribution in [3.05, 3.63) is 24.3 Å². The summed E-state index contributed by atoms with van der Waals surface area (Å²) in [6.45, 7) is 3.72. The van der Waals surface area contributed by atoms with Gasteiger partial charge in [0.15, 0.2) is 6.10 Å². The molecule has 1 aromatic carbocycles. The van der Waals surface area contributed by atoms with E-state index in [9.17, 15) is 9.59 Å². The number of likely N-dealkylation sites (tertiary alicyclic amines) is 1. The van der Waals surface area contributed by atoms with Crippen molar-refractivity contribution < 1.29 is 14.3 Å². The molecule has 2 aliphatic rings. The van der Waals surface area contributed by atoms with Crippen molar-refractivity contribution in [1.29, 1.82) is 0 Å². The van der Waals surface area contributed by atoms with Crippen molar-refractivity contribution in [3.63, 3.8) is 0 Å². The van der Waals surface area contributed by atoms with E-state index in [0.29, 0.717) is 24.8 Å². The van der Waals surface area contributed by atoms with Crippen LogP contribution in [0.2, 0.25) is 0 Å². The number of carbonyl (C=O) groups is 2. The standard InChI is InChI=1S/C18H25N3O3/c1-13-18(23)21(15-5-3-4-6-16(15)24-13)12-9-17(22)20-10-7-14(19-2)8-11-20/h3-6,13-14,19H,7-12H2,1-2H3. The number of rotatable bonds is 4. The molecule has 6 heteroatoms. The molecule has 24 heavy (non-hydrogen) atoms. The van der Waals surface area contributed by atoms with Crippen molar-refractivity contribution in [2.24, 2.45) is 0 Å².